The number of rotatable bonds is 8. The highest BCUT2D eigenvalue weighted by molar-refractivity contribution is 7.92. The Bertz CT molecular complexity index is 1520. The highest BCUT2D eigenvalue weighted by Gasteiger charge is 2.23. The van der Waals surface area contributed by atoms with Crippen LogP contribution in [-0.4, -0.2) is 26.9 Å². The molecule has 3 aromatic carbocycles. The van der Waals surface area contributed by atoms with Crippen molar-refractivity contribution >= 4 is 47.9 Å². The Morgan fingerprint density at radius 1 is 0.853 bits per heavy atom. The van der Waals surface area contributed by atoms with Crippen molar-refractivity contribution in [2.75, 3.05) is 10.0 Å². The highest BCUT2D eigenvalue weighted by atomic mass is 32.2. The van der Waals surface area contributed by atoms with Gasteiger partial charge >= 0.3 is 0 Å². The topological polar surface area (TPSA) is 151 Å². The lowest BCUT2D eigenvalue weighted by molar-refractivity contribution is 0.286. The van der Waals surface area contributed by atoms with E-state index in [0.29, 0.717) is 32.6 Å². The van der Waals surface area contributed by atoms with Crippen molar-refractivity contribution in [3.63, 3.8) is 0 Å². The van der Waals surface area contributed by atoms with Crippen molar-refractivity contribution in [3.05, 3.63) is 83.7 Å². The summed E-state index contributed by atoms with van der Waals surface area (Å²) in [4.78, 5) is 4.96. The normalized spacial score (nSPS) is 11.8. The Balaban J connectivity index is 1.68. The summed E-state index contributed by atoms with van der Waals surface area (Å²) in [5.74, 6) is 0. The van der Waals surface area contributed by atoms with E-state index in [9.17, 15) is 21.9 Å². The van der Waals surface area contributed by atoms with Gasteiger partial charge in [0, 0.05) is 16.9 Å². The number of nitrogens with two attached hydrogens (primary N) is 1. The number of hydrogen-bond donors (Lipinski definition) is 4. The number of nitrogens with zero attached hydrogens (tertiary/aromatic N) is 1. The van der Waals surface area contributed by atoms with Gasteiger partial charge in [-0.2, -0.15) is 0 Å². The number of para-hydroxylation sites is 1. The lowest BCUT2D eigenvalue weighted by atomic mass is 10.1. The van der Waals surface area contributed by atoms with Crippen molar-refractivity contribution < 1.29 is 21.9 Å². The standard InChI is InChI=1S/C22H20N4O5S3/c23-33(28,29)17-12-10-15(11-13-17)24-22-25-21(19(14-27)32-22)18-8-4-5-9-20(18)34(30,31)26-16-6-2-1-3-7-16/h1-13,26-27H,14H2,(H,24,25)(H2,23,28,29). The van der Waals surface area contributed by atoms with Crippen molar-refractivity contribution in [2.24, 2.45) is 5.14 Å². The fourth-order valence-corrected chi connectivity index (χ4v) is 5.83. The van der Waals surface area contributed by atoms with E-state index < -0.39 is 20.0 Å². The van der Waals surface area contributed by atoms with Gasteiger partial charge < -0.3 is 10.4 Å². The lowest BCUT2D eigenvalue weighted by Crippen LogP contribution is -2.14. The third kappa shape index (κ3) is 5.26. The van der Waals surface area contributed by atoms with Crippen LogP contribution in [0.3, 0.4) is 0 Å². The second kappa shape index (κ2) is 9.52. The maximum atomic E-state index is 13.1. The van der Waals surface area contributed by atoms with Crippen LogP contribution in [0, 0.1) is 0 Å². The first-order chi connectivity index (χ1) is 16.2. The number of nitrogens with one attached hydrogen (secondary N) is 2. The molecule has 0 bridgehead atoms. The van der Waals surface area contributed by atoms with E-state index in [1.165, 1.54) is 30.3 Å². The van der Waals surface area contributed by atoms with Gasteiger partial charge in [0.1, 0.15) is 0 Å². The lowest BCUT2D eigenvalue weighted by Gasteiger charge is -2.12. The first kappa shape index (κ1) is 23.9. The van der Waals surface area contributed by atoms with Gasteiger partial charge in [0.05, 0.1) is 27.0 Å². The van der Waals surface area contributed by atoms with Crippen LogP contribution in [-0.2, 0) is 26.7 Å². The Morgan fingerprint density at radius 2 is 1.50 bits per heavy atom. The summed E-state index contributed by atoms with van der Waals surface area (Å²) in [5.41, 5.74) is 1.63. The first-order valence-electron chi connectivity index (χ1n) is 9.85. The zero-order valence-corrected chi connectivity index (χ0v) is 20.0. The Hall–Kier alpha value is -3.29. The zero-order valence-electron chi connectivity index (χ0n) is 17.5. The van der Waals surface area contributed by atoms with Crippen molar-refractivity contribution in [2.45, 2.75) is 16.4 Å². The number of benzene rings is 3. The number of anilines is 3. The third-order valence-corrected chi connectivity index (χ3v) is 8.06. The van der Waals surface area contributed by atoms with Crippen LogP contribution in [0.5, 0.6) is 0 Å². The summed E-state index contributed by atoms with van der Waals surface area (Å²) in [7, 11) is -7.75. The Kier molecular flexibility index (Phi) is 6.68. The van der Waals surface area contributed by atoms with Gasteiger partial charge in [0.25, 0.3) is 10.0 Å². The van der Waals surface area contributed by atoms with E-state index in [2.05, 4.69) is 15.0 Å². The number of aliphatic hydroxyl groups is 1. The molecule has 0 fully saturated rings. The van der Waals surface area contributed by atoms with Gasteiger partial charge in [-0.05, 0) is 42.5 Å². The summed E-state index contributed by atoms with van der Waals surface area (Å²) < 4.78 is 51.7. The Morgan fingerprint density at radius 3 is 2.15 bits per heavy atom. The highest BCUT2D eigenvalue weighted by Crippen LogP contribution is 2.36. The molecule has 0 aliphatic carbocycles. The van der Waals surface area contributed by atoms with Gasteiger partial charge in [-0.3, -0.25) is 4.72 Å². The molecule has 1 heterocycles. The quantitative estimate of drug-likeness (QED) is 0.280. The summed E-state index contributed by atoms with van der Waals surface area (Å²) >= 11 is 1.15. The van der Waals surface area contributed by atoms with Crippen molar-refractivity contribution in [1.82, 2.24) is 4.98 Å². The zero-order chi connectivity index (χ0) is 24.3. The first-order valence-corrected chi connectivity index (χ1v) is 13.7. The molecule has 34 heavy (non-hydrogen) atoms. The number of aromatic nitrogens is 1. The maximum absolute atomic E-state index is 13.1. The van der Waals surface area contributed by atoms with Gasteiger partial charge in [-0.15, -0.1) is 0 Å². The van der Waals surface area contributed by atoms with E-state index >= 15 is 0 Å². The number of aliphatic hydroxyl groups excluding tert-OH is 1. The second-order valence-electron chi connectivity index (χ2n) is 7.11. The minimum Gasteiger partial charge on any atom is -0.391 e. The van der Waals surface area contributed by atoms with Crippen LogP contribution >= 0.6 is 11.3 Å². The van der Waals surface area contributed by atoms with E-state index in [1.807, 2.05) is 0 Å². The van der Waals surface area contributed by atoms with Crippen LogP contribution in [0.4, 0.5) is 16.5 Å². The van der Waals surface area contributed by atoms with Crippen LogP contribution in [0.2, 0.25) is 0 Å². The largest absolute Gasteiger partial charge is 0.391 e. The van der Waals surface area contributed by atoms with Crippen LogP contribution in [0.1, 0.15) is 4.88 Å². The average Bonchev–Trinajstić information content (AvgIpc) is 3.22. The SMILES string of the molecule is NS(=O)(=O)c1ccc(Nc2nc(-c3ccccc3S(=O)(=O)Nc3ccccc3)c(CO)s2)cc1. The van der Waals surface area contributed by atoms with E-state index in [-0.39, 0.29) is 16.4 Å². The fraction of sp³-hybridized carbons (Fsp3) is 0.0455. The molecule has 9 nitrogen and oxygen atoms in total. The second-order valence-corrected chi connectivity index (χ2v) is 11.4. The molecule has 4 aromatic rings. The molecule has 12 heteroatoms. The van der Waals surface area contributed by atoms with Crippen LogP contribution < -0.4 is 15.2 Å². The van der Waals surface area contributed by atoms with Gasteiger partial charge in [-0.1, -0.05) is 47.7 Å². The average molecular weight is 517 g/mol. The summed E-state index contributed by atoms with van der Waals surface area (Å²) in [6.07, 6.45) is 0. The monoisotopic (exact) mass is 516 g/mol. The van der Waals surface area contributed by atoms with Gasteiger partial charge in [0.15, 0.2) is 5.13 Å². The molecule has 0 unspecified atom stereocenters. The van der Waals surface area contributed by atoms with Crippen molar-refractivity contribution in [3.8, 4) is 11.3 Å². The summed E-state index contributed by atoms with van der Waals surface area (Å²) in [6.45, 7) is -0.348. The minimum absolute atomic E-state index is 0.0166. The van der Waals surface area contributed by atoms with Gasteiger partial charge in [-0.25, -0.2) is 27.0 Å². The number of primary sulfonamides is 1. The number of hydrogen-bond acceptors (Lipinski definition) is 8. The molecule has 0 spiro atoms. The predicted octanol–water partition coefficient (Wildman–Crippen LogP) is 3.49. The molecule has 0 amide bonds. The minimum atomic E-state index is -3.94. The van der Waals surface area contributed by atoms with Crippen LogP contribution in [0.15, 0.2) is 88.7 Å². The van der Waals surface area contributed by atoms with Crippen LogP contribution in [0.25, 0.3) is 11.3 Å². The number of thiazole rings is 1. The molecule has 1 aromatic heterocycles. The third-order valence-electron chi connectivity index (χ3n) is 4.73. The molecule has 4 rings (SSSR count). The van der Waals surface area contributed by atoms with E-state index in [4.69, 9.17) is 5.14 Å². The van der Waals surface area contributed by atoms with E-state index in [1.54, 1.807) is 48.5 Å². The number of sulfonamides is 2. The Labute approximate surface area is 201 Å². The molecular weight excluding hydrogens is 496 g/mol. The molecule has 0 saturated carbocycles. The summed E-state index contributed by atoms with van der Waals surface area (Å²) in [6, 6.07) is 20.7. The molecular formula is C22H20N4O5S3. The van der Waals surface area contributed by atoms with Gasteiger partial charge in [0.2, 0.25) is 10.0 Å². The molecule has 0 atom stereocenters. The molecule has 176 valence electrons. The molecule has 0 saturated heterocycles. The molecule has 5 N–H and O–H groups in total. The van der Waals surface area contributed by atoms with E-state index in [0.717, 1.165) is 11.3 Å². The summed E-state index contributed by atoms with van der Waals surface area (Å²) in [5, 5.41) is 18.5. The maximum Gasteiger partial charge on any atom is 0.262 e. The fourth-order valence-electron chi connectivity index (χ4n) is 3.19. The molecule has 0 radical (unpaired) electrons. The molecule has 0 aliphatic rings. The molecule has 0 aliphatic heterocycles. The smallest absolute Gasteiger partial charge is 0.262 e. The van der Waals surface area contributed by atoms with Crippen molar-refractivity contribution in [1.29, 1.82) is 0 Å². The predicted molar refractivity (Wildman–Crippen MR) is 132 cm³/mol.